The number of rotatable bonds is 11. The summed E-state index contributed by atoms with van der Waals surface area (Å²) in [5, 5.41) is 5.68. The molecule has 2 rings (SSSR count). The first-order valence-electron chi connectivity index (χ1n) is 10.8. The van der Waals surface area contributed by atoms with Gasteiger partial charge in [0.25, 0.3) is 0 Å². The third-order valence-corrected chi connectivity index (χ3v) is 5.06. The fraction of sp³-hybridized carbons (Fsp3) is 0.440. The zero-order valence-electron chi connectivity index (χ0n) is 19.5. The minimum absolute atomic E-state index is 0.149. The molecule has 0 saturated heterocycles. The quantitative estimate of drug-likeness (QED) is 0.554. The lowest BCUT2D eigenvalue weighted by Crippen LogP contribution is -2.51. The molecule has 174 valence electrons. The molecular formula is C25H34N2O5. The molecule has 2 amide bonds. The molecule has 0 aliphatic heterocycles. The van der Waals surface area contributed by atoms with E-state index in [1.54, 1.807) is 28.1 Å². The molecule has 0 bridgehead atoms. The van der Waals surface area contributed by atoms with E-state index in [1.807, 2.05) is 55.5 Å². The second kappa shape index (κ2) is 12.6. The zero-order valence-corrected chi connectivity index (χ0v) is 19.5. The van der Waals surface area contributed by atoms with Gasteiger partial charge in [-0.05, 0) is 68.0 Å². The van der Waals surface area contributed by atoms with E-state index in [0.717, 1.165) is 22.6 Å². The third kappa shape index (κ3) is 8.13. The molecule has 7 nitrogen and oxygen atoms in total. The van der Waals surface area contributed by atoms with Crippen molar-refractivity contribution >= 4 is 12.0 Å². The standard InChI is InChI=1S/C25H34N2O5/c1-17(2)32-25(29)27-23(18(3)16-20-8-12-22(31-5)13-9-20)24(28)26-15-14-19-6-10-21(30-4)11-7-19/h6-13,17-18,23H,14-16H2,1-5H3,(H,26,28)(H,27,29)/t18-,23+/m1/s1. The lowest BCUT2D eigenvalue weighted by Gasteiger charge is -2.25. The number of ether oxygens (including phenoxy) is 3. The molecule has 0 aliphatic carbocycles. The highest BCUT2D eigenvalue weighted by atomic mass is 16.6. The van der Waals surface area contributed by atoms with Crippen LogP contribution in [0.25, 0.3) is 0 Å². The molecule has 0 fully saturated rings. The molecule has 2 aromatic rings. The minimum Gasteiger partial charge on any atom is -0.497 e. The number of amides is 2. The number of nitrogens with one attached hydrogen (secondary N) is 2. The first kappa shape index (κ1) is 25.0. The monoisotopic (exact) mass is 442 g/mol. The van der Waals surface area contributed by atoms with Gasteiger partial charge in [-0.3, -0.25) is 4.79 Å². The summed E-state index contributed by atoms with van der Waals surface area (Å²) < 4.78 is 15.6. The summed E-state index contributed by atoms with van der Waals surface area (Å²) in [4.78, 5) is 25.2. The average Bonchev–Trinajstić information content (AvgIpc) is 2.77. The van der Waals surface area contributed by atoms with Crippen molar-refractivity contribution in [3.63, 3.8) is 0 Å². The van der Waals surface area contributed by atoms with Gasteiger partial charge < -0.3 is 24.8 Å². The molecule has 0 spiro atoms. The summed E-state index contributed by atoms with van der Waals surface area (Å²) in [5.41, 5.74) is 2.13. The molecule has 0 saturated carbocycles. The van der Waals surface area contributed by atoms with E-state index in [9.17, 15) is 9.59 Å². The zero-order chi connectivity index (χ0) is 23.5. The van der Waals surface area contributed by atoms with Crippen LogP contribution in [0.15, 0.2) is 48.5 Å². The Bertz CT molecular complexity index is 850. The van der Waals surface area contributed by atoms with Gasteiger partial charge in [0.15, 0.2) is 0 Å². The highest BCUT2D eigenvalue weighted by molar-refractivity contribution is 5.86. The number of carbonyl (C=O) groups is 2. The molecule has 7 heteroatoms. The highest BCUT2D eigenvalue weighted by Gasteiger charge is 2.28. The topological polar surface area (TPSA) is 85.9 Å². The van der Waals surface area contributed by atoms with Crippen molar-refractivity contribution in [3.05, 3.63) is 59.7 Å². The summed E-state index contributed by atoms with van der Waals surface area (Å²) >= 11 is 0. The SMILES string of the molecule is COc1ccc(CCNC(=O)[C@@H](NC(=O)OC(C)C)[C@H](C)Cc2ccc(OC)cc2)cc1. The van der Waals surface area contributed by atoms with Gasteiger partial charge in [0.05, 0.1) is 20.3 Å². The molecule has 0 radical (unpaired) electrons. The van der Waals surface area contributed by atoms with Crippen molar-refractivity contribution < 1.29 is 23.8 Å². The maximum Gasteiger partial charge on any atom is 0.408 e. The summed E-state index contributed by atoms with van der Waals surface area (Å²) in [5.74, 6) is 1.18. The maximum absolute atomic E-state index is 13.0. The molecule has 0 heterocycles. The molecule has 32 heavy (non-hydrogen) atoms. The number of hydrogen-bond donors (Lipinski definition) is 2. The number of methoxy groups -OCH3 is 2. The van der Waals surface area contributed by atoms with E-state index in [-0.39, 0.29) is 17.9 Å². The normalized spacial score (nSPS) is 12.6. The van der Waals surface area contributed by atoms with Gasteiger partial charge in [-0.2, -0.15) is 0 Å². The van der Waals surface area contributed by atoms with E-state index in [4.69, 9.17) is 14.2 Å². The highest BCUT2D eigenvalue weighted by Crippen LogP contribution is 2.17. The Hall–Kier alpha value is -3.22. The van der Waals surface area contributed by atoms with Crippen LogP contribution >= 0.6 is 0 Å². The summed E-state index contributed by atoms with van der Waals surface area (Å²) in [7, 11) is 3.24. The fourth-order valence-electron chi connectivity index (χ4n) is 3.32. The van der Waals surface area contributed by atoms with Crippen LogP contribution in [0, 0.1) is 5.92 Å². The predicted molar refractivity (Wildman–Crippen MR) is 124 cm³/mol. The molecule has 0 aliphatic rings. The number of carbonyl (C=O) groups excluding carboxylic acids is 2. The summed E-state index contributed by atoms with van der Waals surface area (Å²) in [6.45, 7) is 5.93. The van der Waals surface area contributed by atoms with Crippen molar-refractivity contribution in [2.24, 2.45) is 5.92 Å². The molecule has 0 aromatic heterocycles. The van der Waals surface area contributed by atoms with E-state index in [0.29, 0.717) is 19.4 Å². The van der Waals surface area contributed by atoms with E-state index < -0.39 is 12.1 Å². The predicted octanol–water partition coefficient (Wildman–Crippen LogP) is 3.74. The Kier molecular flexibility index (Phi) is 9.85. The van der Waals surface area contributed by atoms with Crippen LogP contribution in [-0.2, 0) is 22.4 Å². The van der Waals surface area contributed by atoms with Gasteiger partial charge in [0.1, 0.15) is 17.5 Å². The Labute approximate surface area is 190 Å². The van der Waals surface area contributed by atoms with Crippen LogP contribution < -0.4 is 20.1 Å². The third-order valence-electron chi connectivity index (χ3n) is 5.06. The minimum atomic E-state index is -0.723. The van der Waals surface area contributed by atoms with Gasteiger partial charge in [0.2, 0.25) is 5.91 Å². The van der Waals surface area contributed by atoms with E-state index in [1.165, 1.54) is 0 Å². The number of alkyl carbamates (subject to hydrolysis) is 1. The van der Waals surface area contributed by atoms with Crippen molar-refractivity contribution in [1.29, 1.82) is 0 Å². The van der Waals surface area contributed by atoms with Crippen molar-refractivity contribution in [2.45, 2.75) is 45.8 Å². The first-order valence-corrected chi connectivity index (χ1v) is 10.8. The first-order chi connectivity index (χ1) is 15.3. The van der Waals surface area contributed by atoms with Gasteiger partial charge in [-0.15, -0.1) is 0 Å². The second-order valence-electron chi connectivity index (χ2n) is 7.99. The van der Waals surface area contributed by atoms with Crippen LogP contribution in [0.3, 0.4) is 0 Å². The van der Waals surface area contributed by atoms with Crippen molar-refractivity contribution in [2.75, 3.05) is 20.8 Å². The van der Waals surface area contributed by atoms with Crippen LogP contribution in [0.1, 0.15) is 31.9 Å². The molecular weight excluding hydrogens is 408 g/mol. The second-order valence-corrected chi connectivity index (χ2v) is 7.99. The lowest BCUT2D eigenvalue weighted by molar-refractivity contribution is -0.124. The van der Waals surface area contributed by atoms with E-state index >= 15 is 0 Å². The summed E-state index contributed by atoms with van der Waals surface area (Å²) in [6.07, 6.45) is 0.413. The Morgan fingerprint density at radius 1 is 0.844 bits per heavy atom. The summed E-state index contributed by atoms with van der Waals surface area (Å²) in [6, 6.07) is 14.7. The largest absolute Gasteiger partial charge is 0.497 e. The van der Waals surface area contributed by atoms with Crippen LogP contribution in [0.5, 0.6) is 11.5 Å². The van der Waals surface area contributed by atoms with Crippen LogP contribution in [0.4, 0.5) is 4.79 Å². The van der Waals surface area contributed by atoms with Crippen molar-refractivity contribution in [1.82, 2.24) is 10.6 Å². The maximum atomic E-state index is 13.0. The van der Waals surface area contributed by atoms with Gasteiger partial charge in [-0.25, -0.2) is 4.79 Å². The smallest absolute Gasteiger partial charge is 0.408 e. The Morgan fingerprint density at radius 3 is 1.88 bits per heavy atom. The van der Waals surface area contributed by atoms with Gasteiger partial charge >= 0.3 is 6.09 Å². The number of hydrogen-bond acceptors (Lipinski definition) is 5. The Morgan fingerprint density at radius 2 is 1.38 bits per heavy atom. The Balaban J connectivity index is 2.00. The van der Waals surface area contributed by atoms with Gasteiger partial charge in [0, 0.05) is 6.54 Å². The molecule has 0 unspecified atom stereocenters. The number of benzene rings is 2. The van der Waals surface area contributed by atoms with E-state index in [2.05, 4.69) is 10.6 Å². The lowest BCUT2D eigenvalue weighted by atomic mass is 9.93. The average molecular weight is 443 g/mol. The molecule has 2 aromatic carbocycles. The van der Waals surface area contributed by atoms with Crippen LogP contribution in [0.2, 0.25) is 0 Å². The van der Waals surface area contributed by atoms with Crippen molar-refractivity contribution in [3.8, 4) is 11.5 Å². The fourth-order valence-corrected chi connectivity index (χ4v) is 3.32. The molecule has 2 N–H and O–H groups in total. The van der Waals surface area contributed by atoms with Crippen LogP contribution in [-0.4, -0.2) is 44.9 Å². The van der Waals surface area contributed by atoms with Gasteiger partial charge in [-0.1, -0.05) is 31.2 Å². The molecule has 2 atom stereocenters.